The van der Waals surface area contributed by atoms with E-state index in [2.05, 4.69) is 55.4 Å². The summed E-state index contributed by atoms with van der Waals surface area (Å²) in [4.78, 5) is 4.19. The van der Waals surface area contributed by atoms with Gasteiger partial charge in [-0.25, -0.2) is 0 Å². The molecule has 0 bridgehead atoms. The van der Waals surface area contributed by atoms with Gasteiger partial charge in [0.1, 0.15) is 5.82 Å². The Balaban J connectivity index is 2.01. The summed E-state index contributed by atoms with van der Waals surface area (Å²) >= 11 is 1.66. The highest BCUT2D eigenvalue weighted by Gasteiger charge is 2.18. The van der Waals surface area contributed by atoms with Crippen molar-refractivity contribution in [2.24, 2.45) is 0 Å². The fourth-order valence-corrected chi connectivity index (χ4v) is 4.35. The minimum absolute atomic E-state index is 0.459. The first-order chi connectivity index (χ1) is 11.5. The van der Waals surface area contributed by atoms with Crippen LogP contribution in [0.4, 0.5) is 4.39 Å². The van der Waals surface area contributed by atoms with E-state index in [1.807, 2.05) is 16.7 Å². The average molecular weight is 336 g/mol. The van der Waals surface area contributed by atoms with Crippen LogP contribution in [0.5, 0.6) is 0 Å². The summed E-state index contributed by atoms with van der Waals surface area (Å²) in [5, 5.41) is 3.17. The van der Waals surface area contributed by atoms with Crippen LogP contribution in [-0.4, -0.2) is 9.55 Å². The number of hydrogen-bond donors (Lipinski definition) is 0. The SMILES string of the molecule is Cc1cc(C)c(-n2cc(F)nc2-c2csc3ccccc23)c(C)c1. The molecule has 2 heterocycles. The molecule has 0 saturated carbocycles. The molecule has 0 fully saturated rings. The number of imidazole rings is 1. The van der Waals surface area contributed by atoms with Crippen molar-refractivity contribution in [3.8, 4) is 17.1 Å². The van der Waals surface area contributed by atoms with Crippen LogP contribution < -0.4 is 0 Å². The molecule has 0 aliphatic rings. The van der Waals surface area contributed by atoms with Crippen molar-refractivity contribution in [1.82, 2.24) is 9.55 Å². The predicted octanol–water partition coefficient (Wildman–Crippen LogP) is 5.82. The number of fused-ring (bicyclic) bond motifs is 1. The first kappa shape index (κ1) is 15.1. The van der Waals surface area contributed by atoms with Gasteiger partial charge in [0.2, 0.25) is 5.95 Å². The quantitative estimate of drug-likeness (QED) is 0.451. The van der Waals surface area contributed by atoms with Crippen LogP contribution in [0.2, 0.25) is 0 Å². The van der Waals surface area contributed by atoms with Gasteiger partial charge in [-0.1, -0.05) is 35.9 Å². The Kier molecular flexibility index (Phi) is 3.50. The highest BCUT2D eigenvalue weighted by Crippen LogP contribution is 2.35. The molecule has 2 aromatic heterocycles. The average Bonchev–Trinajstić information content (AvgIpc) is 3.10. The molecule has 0 unspecified atom stereocenters. The third-order valence-electron chi connectivity index (χ3n) is 4.27. The number of nitrogens with zero attached hydrogens (tertiary/aromatic N) is 2. The van der Waals surface area contributed by atoms with Crippen molar-refractivity contribution in [3.63, 3.8) is 0 Å². The zero-order valence-corrected chi connectivity index (χ0v) is 14.6. The second-order valence-electron chi connectivity index (χ2n) is 6.15. The Hall–Kier alpha value is -2.46. The van der Waals surface area contributed by atoms with E-state index in [9.17, 15) is 4.39 Å². The van der Waals surface area contributed by atoms with Gasteiger partial charge in [-0.2, -0.15) is 9.37 Å². The van der Waals surface area contributed by atoms with Crippen molar-refractivity contribution >= 4 is 21.4 Å². The number of aryl methyl sites for hydroxylation is 3. The Morgan fingerprint density at radius 3 is 2.50 bits per heavy atom. The molecule has 0 aliphatic carbocycles. The topological polar surface area (TPSA) is 17.8 Å². The van der Waals surface area contributed by atoms with E-state index in [1.165, 1.54) is 16.5 Å². The highest BCUT2D eigenvalue weighted by molar-refractivity contribution is 7.17. The molecule has 0 spiro atoms. The van der Waals surface area contributed by atoms with Crippen LogP contribution in [-0.2, 0) is 0 Å². The Bertz CT molecular complexity index is 1040. The minimum Gasteiger partial charge on any atom is -0.296 e. The maximum atomic E-state index is 14.1. The van der Waals surface area contributed by atoms with E-state index < -0.39 is 5.95 Å². The summed E-state index contributed by atoms with van der Waals surface area (Å²) < 4.78 is 17.1. The third kappa shape index (κ3) is 2.34. The van der Waals surface area contributed by atoms with Crippen molar-refractivity contribution in [2.75, 3.05) is 0 Å². The van der Waals surface area contributed by atoms with Crippen molar-refractivity contribution in [2.45, 2.75) is 20.8 Å². The molecule has 4 aromatic rings. The molecule has 2 nitrogen and oxygen atoms in total. The molecule has 4 heteroatoms. The molecule has 24 heavy (non-hydrogen) atoms. The largest absolute Gasteiger partial charge is 0.296 e. The summed E-state index contributed by atoms with van der Waals surface area (Å²) in [6.07, 6.45) is 1.48. The molecule has 0 N–H and O–H groups in total. The van der Waals surface area contributed by atoms with Gasteiger partial charge in [-0.15, -0.1) is 11.3 Å². The summed E-state index contributed by atoms with van der Waals surface area (Å²) in [5.41, 5.74) is 5.41. The lowest BCUT2D eigenvalue weighted by molar-refractivity contribution is 0.590. The standard InChI is InChI=1S/C20H17FN2S/c1-12-8-13(2)19(14(3)9-12)23-10-18(21)22-20(23)16-11-24-17-7-5-4-6-15(16)17/h4-11H,1-3H3. The number of rotatable bonds is 2. The smallest absolute Gasteiger partial charge is 0.231 e. The molecular weight excluding hydrogens is 319 g/mol. The molecule has 0 aliphatic heterocycles. The monoisotopic (exact) mass is 336 g/mol. The summed E-state index contributed by atoms with van der Waals surface area (Å²) in [7, 11) is 0. The summed E-state index contributed by atoms with van der Waals surface area (Å²) in [5.74, 6) is 0.194. The third-order valence-corrected chi connectivity index (χ3v) is 5.24. The van der Waals surface area contributed by atoms with Gasteiger partial charge in [-0.05, 0) is 38.0 Å². The normalized spacial score (nSPS) is 11.3. The van der Waals surface area contributed by atoms with Gasteiger partial charge < -0.3 is 0 Å². The van der Waals surface area contributed by atoms with E-state index in [0.717, 1.165) is 27.8 Å². The van der Waals surface area contributed by atoms with Gasteiger partial charge in [0.15, 0.2) is 0 Å². The van der Waals surface area contributed by atoms with Crippen molar-refractivity contribution in [1.29, 1.82) is 0 Å². The lowest BCUT2D eigenvalue weighted by Gasteiger charge is -2.14. The summed E-state index contributed by atoms with van der Waals surface area (Å²) in [6, 6.07) is 12.4. The lowest BCUT2D eigenvalue weighted by atomic mass is 10.0. The van der Waals surface area contributed by atoms with Crippen LogP contribution >= 0.6 is 11.3 Å². The first-order valence-corrected chi connectivity index (χ1v) is 8.72. The Morgan fingerprint density at radius 1 is 1.04 bits per heavy atom. The van der Waals surface area contributed by atoms with Crippen LogP contribution in [0.25, 0.3) is 27.2 Å². The van der Waals surface area contributed by atoms with E-state index >= 15 is 0 Å². The fraction of sp³-hybridized carbons (Fsp3) is 0.150. The number of benzene rings is 2. The van der Waals surface area contributed by atoms with Gasteiger partial charge >= 0.3 is 0 Å². The number of thiophene rings is 1. The number of aromatic nitrogens is 2. The van der Waals surface area contributed by atoms with Crippen molar-refractivity contribution < 1.29 is 4.39 Å². The Morgan fingerprint density at radius 2 is 1.75 bits per heavy atom. The second-order valence-corrected chi connectivity index (χ2v) is 7.06. The van der Waals surface area contributed by atoms with Crippen LogP contribution in [0.3, 0.4) is 0 Å². The number of halogens is 1. The van der Waals surface area contributed by atoms with Crippen LogP contribution in [0.1, 0.15) is 16.7 Å². The summed E-state index contributed by atoms with van der Waals surface area (Å²) in [6.45, 7) is 6.19. The van der Waals surface area contributed by atoms with Crippen LogP contribution in [0.15, 0.2) is 48.0 Å². The molecule has 0 atom stereocenters. The molecule has 4 rings (SSSR count). The molecule has 0 radical (unpaired) electrons. The van der Waals surface area contributed by atoms with E-state index in [1.54, 1.807) is 11.3 Å². The van der Waals surface area contributed by atoms with Crippen molar-refractivity contribution in [3.05, 3.63) is 70.6 Å². The lowest BCUT2D eigenvalue weighted by Crippen LogP contribution is -2.02. The zero-order chi connectivity index (χ0) is 16.8. The Labute approximate surface area is 144 Å². The second kappa shape index (κ2) is 5.56. The van der Waals surface area contributed by atoms with E-state index in [-0.39, 0.29) is 0 Å². The van der Waals surface area contributed by atoms with Gasteiger partial charge in [-0.3, -0.25) is 4.57 Å². The van der Waals surface area contributed by atoms with Gasteiger partial charge in [0, 0.05) is 21.0 Å². The van der Waals surface area contributed by atoms with Gasteiger partial charge in [0.25, 0.3) is 0 Å². The maximum Gasteiger partial charge on any atom is 0.231 e. The maximum absolute atomic E-state index is 14.1. The van der Waals surface area contributed by atoms with E-state index in [0.29, 0.717) is 5.82 Å². The zero-order valence-electron chi connectivity index (χ0n) is 13.8. The molecule has 120 valence electrons. The molecular formula is C20H17FN2S. The van der Waals surface area contributed by atoms with Crippen LogP contribution in [0, 0.1) is 26.7 Å². The fourth-order valence-electron chi connectivity index (χ4n) is 3.42. The molecule has 2 aromatic carbocycles. The first-order valence-electron chi connectivity index (χ1n) is 7.84. The number of hydrogen-bond acceptors (Lipinski definition) is 2. The predicted molar refractivity (Wildman–Crippen MR) is 98.6 cm³/mol. The molecule has 0 amide bonds. The minimum atomic E-state index is -0.459. The van der Waals surface area contributed by atoms with E-state index in [4.69, 9.17) is 0 Å². The van der Waals surface area contributed by atoms with Gasteiger partial charge in [0.05, 0.1) is 11.9 Å². The highest BCUT2D eigenvalue weighted by atomic mass is 32.1. The molecule has 0 saturated heterocycles.